The van der Waals surface area contributed by atoms with Gasteiger partial charge in [0, 0.05) is 48.5 Å². The number of nitrogens with two attached hydrogens (primary N) is 1. The molecule has 0 saturated carbocycles. The van der Waals surface area contributed by atoms with E-state index in [-0.39, 0.29) is 17.2 Å². The zero-order valence-electron chi connectivity index (χ0n) is 19.7. The molecule has 0 bridgehead atoms. The van der Waals surface area contributed by atoms with Crippen molar-refractivity contribution in [2.75, 3.05) is 0 Å². The fourth-order valence-corrected chi connectivity index (χ4v) is 3.74. The van der Waals surface area contributed by atoms with Crippen LogP contribution in [-0.4, -0.2) is 34.8 Å². The Balaban J connectivity index is 1.77. The summed E-state index contributed by atoms with van der Waals surface area (Å²) in [6.07, 6.45) is 4.96. The van der Waals surface area contributed by atoms with E-state index < -0.39 is 29.9 Å². The molecule has 1 unspecified atom stereocenters. The molecule has 1 atom stereocenters. The van der Waals surface area contributed by atoms with Crippen molar-refractivity contribution < 1.29 is 33.4 Å². The minimum atomic E-state index is -0.822. The second-order valence-corrected chi connectivity index (χ2v) is 8.70. The van der Waals surface area contributed by atoms with Gasteiger partial charge in [-0.25, -0.2) is 0 Å². The first kappa shape index (κ1) is 26.6. The number of halogens is 1. The van der Waals surface area contributed by atoms with E-state index in [4.69, 9.17) is 19.9 Å². The van der Waals surface area contributed by atoms with E-state index in [0.717, 1.165) is 27.9 Å². The van der Waals surface area contributed by atoms with E-state index in [2.05, 4.69) is 26.2 Å². The number of amides is 1. The quantitative estimate of drug-likeness (QED) is 0.282. The van der Waals surface area contributed by atoms with Crippen LogP contribution in [-0.2, 0) is 25.6 Å². The summed E-state index contributed by atoms with van der Waals surface area (Å²) in [6, 6.07) is 7.75. The van der Waals surface area contributed by atoms with Crippen molar-refractivity contribution in [2.45, 2.75) is 33.2 Å². The molecule has 36 heavy (non-hydrogen) atoms. The molecular weight excluding hydrogens is 534 g/mol. The molecular formula is C25H24BrN3O7. The van der Waals surface area contributed by atoms with Crippen molar-refractivity contribution in [2.24, 2.45) is 5.73 Å². The van der Waals surface area contributed by atoms with Crippen molar-refractivity contribution in [1.29, 1.82) is 0 Å². The Bertz CT molecular complexity index is 1330. The molecule has 0 aliphatic heterocycles. The molecule has 4 N–H and O–H groups in total. The third kappa shape index (κ3) is 7.03. The summed E-state index contributed by atoms with van der Waals surface area (Å²) in [5.41, 5.74) is 8.32. The SMILES string of the molecule is CC(=O)Oc1cc(C=CNC(=O)C(N)Cc2c[nH]c3cc(Br)ccc23)cc(OC(C)=O)c1OC(C)=O. The lowest BCUT2D eigenvalue weighted by Gasteiger charge is -2.14. The zero-order chi connectivity index (χ0) is 26.4. The summed E-state index contributed by atoms with van der Waals surface area (Å²) >= 11 is 3.42. The minimum Gasteiger partial charge on any atom is -0.423 e. The highest BCUT2D eigenvalue weighted by Gasteiger charge is 2.20. The van der Waals surface area contributed by atoms with E-state index in [9.17, 15) is 19.2 Å². The summed E-state index contributed by atoms with van der Waals surface area (Å²) in [4.78, 5) is 50.3. The average molecular weight is 558 g/mol. The van der Waals surface area contributed by atoms with Gasteiger partial charge in [0.25, 0.3) is 0 Å². The van der Waals surface area contributed by atoms with Gasteiger partial charge in [-0.1, -0.05) is 22.0 Å². The van der Waals surface area contributed by atoms with Gasteiger partial charge in [-0.3, -0.25) is 19.2 Å². The highest BCUT2D eigenvalue weighted by molar-refractivity contribution is 9.10. The van der Waals surface area contributed by atoms with E-state index in [1.807, 2.05) is 24.4 Å². The van der Waals surface area contributed by atoms with Gasteiger partial charge in [0.2, 0.25) is 11.7 Å². The molecule has 0 radical (unpaired) electrons. The number of H-pyrrole nitrogens is 1. The smallest absolute Gasteiger partial charge is 0.308 e. The Morgan fingerprint density at radius 3 is 2.19 bits per heavy atom. The normalized spacial score (nSPS) is 11.8. The second kappa shape index (κ2) is 11.6. The van der Waals surface area contributed by atoms with Gasteiger partial charge < -0.3 is 30.2 Å². The predicted molar refractivity (Wildman–Crippen MR) is 135 cm³/mol. The molecule has 2 aromatic carbocycles. The number of hydrogen-bond donors (Lipinski definition) is 3. The number of fused-ring (bicyclic) bond motifs is 1. The Hall–Kier alpha value is -3.96. The third-order valence-corrected chi connectivity index (χ3v) is 5.30. The first-order chi connectivity index (χ1) is 17.0. The molecule has 0 fully saturated rings. The number of ether oxygens (including phenoxy) is 3. The van der Waals surface area contributed by atoms with Gasteiger partial charge in [0.05, 0.1) is 6.04 Å². The number of aromatic amines is 1. The van der Waals surface area contributed by atoms with Crippen LogP contribution < -0.4 is 25.3 Å². The molecule has 0 saturated heterocycles. The van der Waals surface area contributed by atoms with E-state index in [0.29, 0.717) is 12.0 Å². The van der Waals surface area contributed by atoms with Crippen molar-refractivity contribution in [3.05, 3.63) is 58.3 Å². The highest BCUT2D eigenvalue weighted by atomic mass is 79.9. The van der Waals surface area contributed by atoms with Crippen LogP contribution in [0.5, 0.6) is 17.2 Å². The topological polar surface area (TPSA) is 150 Å². The first-order valence-corrected chi connectivity index (χ1v) is 11.5. The van der Waals surface area contributed by atoms with Crippen LogP contribution in [0.25, 0.3) is 17.0 Å². The number of rotatable bonds is 8. The summed E-state index contributed by atoms with van der Waals surface area (Å²) in [6.45, 7) is 3.48. The van der Waals surface area contributed by atoms with Crippen LogP contribution >= 0.6 is 15.9 Å². The number of nitrogens with one attached hydrogen (secondary N) is 2. The Morgan fingerprint density at radius 2 is 1.61 bits per heavy atom. The molecule has 3 aromatic rings. The molecule has 1 heterocycles. The van der Waals surface area contributed by atoms with Crippen LogP contribution in [0.4, 0.5) is 0 Å². The lowest BCUT2D eigenvalue weighted by Crippen LogP contribution is -2.39. The Kier molecular flexibility index (Phi) is 8.62. The number of carbonyl (C=O) groups excluding carboxylic acids is 4. The largest absolute Gasteiger partial charge is 0.423 e. The molecule has 10 nitrogen and oxygen atoms in total. The fourth-order valence-electron chi connectivity index (χ4n) is 3.38. The lowest BCUT2D eigenvalue weighted by atomic mass is 10.1. The maximum Gasteiger partial charge on any atom is 0.308 e. The van der Waals surface area contributed by atoms with Crippen molar-refractivity contribution in [3.63, 3.8) is 0 Å². The third-order valence-electron chi connectivity index (χ3n) is 4.80. The van der Waals surface area contributed by atoms with Crippen LogP contribution in [0, 0.1) is 0 Å². The van der Waals surface area contributed by atoms with E-state index in [1.54, 1.807) is 0 Å². The van der Waals surface area contributed by atoms with Gasteiger partial charge in [0.1, 0.15) is 0 Å². The van der Waals surface area contributed by atoms with Gasteiger partial charge in [-0.15, -0.1) is 0 Å². The molecule has 11 heteroatoms. The van der Waals surface area contributed by atoms with Gasteiger partial charge in [-0.2, -0.15) is 0 Å². The molecule has 0 aliphatic rings. The average Bonchev–Trinajstić information content (AvgIpc) is 3.16. The fraction of sp³-hybridized carbons (Fsp3) is 0.200. The van der Waals surface area contributed by atoms with Crippen LogP contribution in [0.2, 0.25) is 0 Å². The molecule has 1 aromatic heterocycles. The maximum absolute atomic E-state index is 12.5. The summed E-state index contributed by atoms with van der Waals surface area (Å²) in [5.74, 6) is -2.97. The Morgan fingerprint density at radius 1 is 1.00 bits per heavy atom. The maximum atomic E-state index is 12.5. The second-order valence-electron chi connectivity index (χ2n) is 7.78. The summed E-state index contributed by atoms with van der Waals surface area (Å²) in [7, 11) is 0. The standard InChI is InChI=1S/C25H24BrN3O7/c1-13(30)34-22-8-16(9-23(35-14(2)31)24(22)36-15(3)32)6-7-28-25(33)20(27)10-17-12-29-21-11-18(26)4-5-19(17)21/h4-9,11-12,20,29H,10,27H2,1-3H3,(H,28,33). The van der Waals surface area contributed by atoms with Crippen molar-refractivity contribution in [3.8, 4) is 17.2 Å². The summed E-state index contributed by atoms with van der Waals surface area (Å²) in [5, 5.41) is 3.58. The predicted octanol–water partition coefficient (Wildman–Crippen LogP) is 3.36. The molecule has 0 aliphatic carbocycles. The van der Waals surface area contributed by atoms with Gasteiger partial charge in [0.15, 0.2) is 11.5 Å². The van der Waals surface area contributed by atoms with Crippen LogP contribution in [0.1, 0.15) is 31.9 Å². The Labute approximate surface area is 214 Å². The van der Waals surface area contributed by atoms with Crippen LogP contribution in [0.3, 0.4) is 0 Å². The highest BCUT2D eigenvalue weighted by Crippen LogP contribution is 2.39. The number of aromatic nitrogens is 1. The number of esters is 3. The van der Waals surface area contributed by atoms with Crippen LogP contribution in [0.15, 0.2) is 47.2 Å². The number of hydrogen-bond acceptors (Lipinski definition) is 8. The summed E-state index contributed by atoms with van der Waals surface area (Å²) < 4.78 is 16.3. The van der Waals surface area contributed by atoms with Crippen molar-refractivity contribution in [1.82, 2.24) is 10.3 Å². The first-order valence-electron chi connectivity index (χ1n) is 10.7. The van der Waals surface area contributed by atoms with Crippen molar-refractivity contribution >= 4 is 56.7 Å². The van der Waals surface area contributed by atoms with Gasteiger partial charge in [-0.05, 0) is 47.9 Å². The zero-order valence-corrected chi connectivity index (χ0v) is 21.3. The number of carbonyl (C=O) groups is 4. The molecule has 3 rings (SSSR count). The molecule has 0 spiro atoms. The van der Waals surface area contributed by atoms with E-state index in [1.165, 1.54) is 38.3 Å². The monoisotopic (exact) mass is 557 g/mol. The van der Waals surface area contributed by atoms with Gasteiger partial charge >= 0.3 is 17.9 Å². The minimum absolute atomic E-state index is 0.134. The molecule has 188 valence electrons. The van der Waals surface area contributed by atoms with E-state index >= 15 is 0 Å². The molecule has 1 amide bonds. The number of benzene rings is 2. The lowest BCUT2D eigenvalue weighted by molar-refractivity contribution is -0.135.